The van der Waals surface area contributed by atoms with E-state index in [2.05, 4.69) is 4.31 Å². The van der Waals surface area contributed by atoms with Gasteiger partial charge in [0.2, 0.25) is 0 Å². The Morgan fingerprint density at radius 2 is 2.00 bits per heavy atom. The van der Waals surface area contributed by atoms with Crippen molar-refractivity contribution in [1.82, 2.24) is 0 Å². The smallest absolute Gasteiger partial charge is 0.196 e. The van der Waals surface area contributed by atoms with E-state index in [1.165, 1.54) is 6.66 Å². The number of rotatable bonds is 3. The van der Waals surface area contributed by atoms with Gasteiger partial charge in [-0.25, -0.2) is 0 Å². The zero-order chi connectivity index (χ0) is 6.57. The van der Waals surface area contributed by atoms with Crippen LogP contribution in [0.5, 0.6) is 0 Å². The van der Waals surface area contributed by atoms with E-state index in [1.807, 2.05) is 0 Å². The molecule has 3 nitrogen and oxygen atoms in total. The van der Waals surface area contributed by atoms with Gasteiger partial charge >= 0.3 is 0 Å². The second-order valence-corrected chi connectivity index (χ2v) is 4.57. The molecule has 0 N–H and O–H groups in total. The van der Waals surface area contributed by atoms with E-state index >= 15 is 0 Å². The van der Waals surface area contributed by atoms with Crippen LogP contribution in [0.25, 0.3) is 0 Å². The van der Waals surface area contributed by atoms with Crippen LogP contribution in [0, 0.1) is 0 Å². The predicted octanol–water partition coefficient (Wildman–Crippen LogP) is 1.60. The lowest BCUT2D eigenvalue weighted by molar-refractivity contribution is 0.493. The third-order valence-electron chi connectivity index (χ3n) is 0.546. The lowest BCUT2D eigenvalue weighted by Crippen LogP contribution is -1.66. The molecule has 0 aliphatic rings. The van der Waals surface area contributed by atoms with E-state index in [9.17, 15) is 9.13 Å². The lowest BCUT2D eigenvalue weighted by Gasteiger charge is -1.93. The molecule has 0 radical (unpaired) electrons. The highest BCUT2D eigenvalue weighted by Gasteiger charge is 1.95. The maximum atomic E-state index is 10.4. The summed E-state index contributed by atoms with van der Waals surface area (Å²) in [6.45, 7) is 3.18. The third kappa shape index (κ3) is 4.58. The lowest BCUT2D eigenvalue weighted by atomic mass is 11.0. The Morgan fingerprint density at radius 3 is 2.12 bits per heavy atom. The normalized spacial score (nSPS) is 17.8. The molecular formula is C3H10O3P2. The Kier molecular flexibility index (Phi) is 4.54. The van der Waals surface area contributed by atoms with Crippen LogP contribution in [-0.2, 0) is 13.4 Å². The predicted molar refractivity (Wildman–Crippen MR) is 35.6 cm³/mol. The zero-order valence-electron chi connectivity index (χ0n) is 4.93. The van der Waals surface area contributed by atoms with Gasteiger partial charge in [0.25, 0.3) is 0 Å². The first kappa shape index (κ1) is 8.42. The minimum absolute atomic E-state index is 0.481. The molecule has 0 aliphatic heterocycles. The molecule has 0 aliphatic carbocycles. The van der Waals surface area contributed by atoms with Crippen molar-refractivity contribution >= 4 is 16.1 Å². The van der Waals surface area contributed by atoms with Crippen LogP contribution in [0.2, 0.25) is 0 Å². The van der Waals surface area contributed by atoms with Gasteiger partial charge in [-0.15, -0.1) is 0 Å². The molecule has 0 amide bonds. The van der Waals surface area contributed by atoms with Gasteiger partial charge in [-0.3, -0.25) is 13.4 Å². The fourth-order valence-electron chi connectivity index (χ4n) is 0.232. The van der Waals surface area contributed by atoms with Gasteiger partial charge in [-0.05, 0) is 0 Å². The largest absolute Gasteiger partial charge is 0.296 e. The van der Waals surface area contributed by atoms with Crippen LogP contribution in [0.4, 0.5) is 0 Å². The minimum Gasteiger partial charge on any atom is -0.296 e. The highest BCUT2D eigenvalue weighted by Crippen LogP contribution is 2.34. The van der Waals surface area contributed by atoms with Gasteiger partial charge in [-0.1, -0.05) is 6.92 Å². The molecule has 50 valence electrons. The van der Waals surface area contributed by atoms with Crippen LogP contribution in [0.15, 0.2) is 0 Å². The number of hydrogen-bond donors (Lipinski definition) is 0. The molecule has 0 spiro atoms. The molecule has 0 saturated carbocycles. The fraction of sp³-hybridized carbons (Fsp3) is 1.00. The number of hydrogen-bond acceptors (Lipinski definition) is 3. The van der Waals surface area contributed by atoms with Gasteiger partial charge in [0, 0.05) is 12.8 Å². The van der Waals surface area contributed by atoms with E-state index < -0.39 is 16.1 Å². The molecule has 0 aromatic heterocycles. The van der Waals surface area contributed by atoms with E-state index in [0.717, 1.165) is 0 Å². The molecule has 0 aromatic carbocycles. The molecule has 0 heterocycles. The second kappa shape index (κ2) is 4.31. The maximum absolute atomic E-state index is 10.4. The standard InChI is InChI=1S/C3H10O3P2/c1-3-8(5)6-7(2)4/h7-8H,3H2,1-2H3. The first-order chi connectivity index (χ1) is 3.66. The summed E-state index contributed by atoms with van der Waals surface area (Å²) in [5, 5.41) is 0. The second-order valence-electron chi connectivity index (χ2n) is 1.32. The molecule has 5 heteroatoms. The summed E-state index contributed by atoms with van der Waals surface area (Å²) in [5.41, 5.74) is 0. The molecular weight excluding hydrogens is 146 g/mol. The molecule has 2 unspecified atom stereocenters. The zero-order valence-corrected chi connectivity index (χ0v) is 6.93. The highest BCUT2D eigenvalue weighted by molar-refractivity contribution is 7.52. The average Bonchev–Trinajstić information content (AvgIpc) is 1.65. The van der Waals surface area contributed by atoms with Crippen molar-refractivity contribution in [2.45, 2.75) is 6.92 Å². The molecule has 0 saturated heterocycles. The highest BCUT2D eigenvalue weighted by atomic mass is 31.2. The Hall–Kier alpha value is 0.420. The van der Waals surface area contributed by atoms with E-state index in [4.69, 9.17) is 0 Å². The van der Waals surface area contributed by atoms with Gasteiger partial charge in [-0.2, -0.15) is 0 Å². The van der Waals surface area contributed by atoms with Crippen molar-refractivity contribution in [3.8, 4) is 0 Å². The van der Waals surface area contributed by atoms with Crippen molar-refractivity contribution in [2.75, 3.05) is 12.8 Å². The third-order valence-corrected chi connectivity index (χ3v) is 3.18. The van der Waals surface area contributed by atoms with Crippen LogP contribution in [0.3, 0.4) is 0 Å². The summed E-state index contributed by atoms with van der Waals surface area (Å²) in [4.78, 5) is 0. The Labute approximate surface area is 50.2 Å². The Morgan fingerprint density at radius 1 is 1.50 bits per heavy atom. The summed E-state index contributed by atoms with van der Waals surface area (Å²) in [6.07, 6.45) is 0.481. The van der Waals surface area contributed by atoms with Crippen LogP contribution in [0.1, 0.15) is 6.92 Å². The summed E-state index contributed by atoms with van der Waals surface area (Å²) in [7, 11) is -3.91. The molecule has 2 atom stereocenters. The van der Waals surface area contributed by atoms with Gasteiger partial charge in [0.1, 0.15) is 0 Å². The topological polar surface area (TPSA) is 43.4 Å². The Bertz CT molecular complexity index is 111. The minimum atomic E-state index is -1.96. The average molecular weight is 156 g/mol. The summed E-state index contributed by atoms with van der Waals surface area (Å²) in [6, 6.07) is 0. The fourth-order valence-corrected chi connectivity index (χ4v) is 2.09. The van der Waals surface area contributed by atoms with Crippen molar-refractivity contribution in [3.63, 3.8) is 0 Å². The quantitative estimate of drug-likeness (QED) is 0.583. The van der Waals surface area contributed by atoms with Crippen molar-refractivity contribution in [2.24, 2.45) is 0 Å². The van der Waals surface area contributed by atoms with E-state index in [-0.39, 0.29) is 0 Å². The molecule has 0 aromatic rings. The SMILES string of the molecule is CC[PH](=O)O[PH](C)=O. The molecule has 0 rings (SSSR count). The van der Waals surface area contributed by atoms with Crippen LogP contribution >= 0.6 is 16.1 Å². The first-order valence-corrected chi connectivity index (χ1v) is 5.72. The van der Waals surface area contributed by atoms with Crippen molar-refractivity contribution < 1.29 is 13.4 Å². The molecule has 0 bridgehead atoms. The maximum Gasteiger partial charge on any atom is 0.196 e. The summed E-state index contributed by atoms with van der Waals surface area (Å²) < 4.78 is 25.1. The van der Waals surface area contributed by atoms with Crippen LogP contribution in [-0.4, -0.2) is 12.8 Å². The Balaban J connectivity index is 3.40. The summed E-state index contributed by atoms with van der Waals surface area (Å²) >= 11 is 0. The van der Waals surface area contributed by atoms with Crippen LogP contribution < -0.4 is 0 Å². The monoisotopic (exact) mass is 156 g/mol. The van der Waals surface area contributed by atoms with Gasteiger partial charge in [0.05, 0.1) is 0 Å². The van der Waals surface area contributed by atoms with Crippen molar-refractivity contribution in [3.05, 3.63) is 0 Å². The first-order valence-electron chi connectivity index (χ1n) is 2.38. The van der Waals surface area contributed by atoms with Gasteiger partial charge < -0.3 is 0 Å². The molecule has 8 heavy (non-hydrogen) atoms. The summed E-state index contributed by atoms with van der Waals surface area (Å²) in [5.74, 6) is 0. The molecule has 0 fully saturated rings. The van der Waals surface area contributed by atoms with E-state index in [1.54, 1.807) is 6.92 Å². The van der Waals surface area contributed by atoms with Gasteiger partial charge in [0.15, 0.2) is 16.1 Å². The van der Waals surface area contributed by atoms with Crippen molar-refractivity contribution in [1.29, 1.82) is 0 Å². The van der Waals surface area contributed by atoms with E-state index in [0.29, 0.717) is 6.16 Å².